The monoisotopic (exact) mass is 914 g/mol. The molecule has 382 valence electrons. The number of unbranched alkanes of at least 4 members (excludes halogenated alkanes) is 38. The smallest absolute Gasteiger partial charge is 0.305 e. The van der Waals surface area contributed by atoms with E-state index in [1.54, 1.807) is 6.08 Å². The number of aliphatic hydroxyl groups is 2. The van der Waals surface area contributed by atoms with E-state index in [1.807, 2.05) is 6.08 Å². The van der Waals surface area contributed by atoms with Crippen LogP contribution in [0.4, 0.5) is 0 Å². The Bertz CT molecular complexity index is 1060. The topological polar surface area (TPSA) is 95.9 Å². The van der Waals surface area contributed by atoms with Crippen molar-refractivity contribution in [3.05, 3.63) is 36.5 Å². The van der Waals surface area contributed by atoms with Crippen molar-refractivity contribution in [3.63, 3.8) is 0 Å². The van der Waals surface area contributed by atoms with Crippen LogP contribution >= 0.6 is 0 Å². The standard InChI is InChI=1S/C59H111NO5/c1-3-5-7-9-11-13-15-17-18-19-20-23-26-29-33-37-41-45-49-53-59(64)65-54-50-46-42-38-34-30-27-24-21-22-25-28-32-36-40-44-48-52-58(63)60-56(55-61)57(62)51-47-43-39-35-31-16-14-12-10-8-6-4-2/h17-18,21,24,47,51,56-57,61-62H,3-16,19-20,22-23,25-46,48-50,52-55H2,1-2H3,(H,60,63)/b18-17-,24-21-,51-47+. The van der Waals surface area contributed by atoms with Crippen LogP contribution in [0.1, 0.15) is 303 Å². The molecule has 0 rings (SSSR count). The van der Waals surface area contributed by atoms with Gasteiger partial charge in [-0.3, -0.25) is 9.59 Å². The first-order valence-electron chi connectivity index (χ1n) is 28.8. The van der Waals surface area contributed by atoms with Gasteiger partial charge in [-0.2, -0.15) is 0 Å². The van der Waals surface area contributed by atoms with E-state index in [2.05, 4.69) is 43.5 Å². The van der Waals surface area contributed by atoms with E-state index in [9.17, 15) is 19.8 Å². The Morgan fingerprint density at radius 2 is 0.723 bits per heavy atom. The molecule has 1 amide bonds. The molecule has 3 N–H and O–H groups in total. The number of aliphatic hydroxyl groups excluding tert-OH is 2. The van der Waals surface area contributed by atoms with Crippen molar-refractivity contribution in [2.24, 2.45) is 0 Å². The van der Waals surface area contributed by atoms with Gasteiger partial charge in [0.2, 0.25) is 5.91 Å². The minimum atomic E-state index is -0.851. The van der Waals surface area contributed by atoms with E-state index in [1.165, 1.54) is 218 Å². The van der Waals surface area contributed by atoms with Gasteiger partial charge in [-0.1, -0.05) is 243 Å². The molecule has 2 atom stereocenters. The summed E-state index contributed by atoms with van der Waals surface area (Å²) >= 11 is 0. The summed E-state index contributed by atoms with van der Waals surface area (Å²) in [4.78, 5) is 24.5. The van der Waals surface area contributed by atoms with E-state index >= 15 is 0 Å². The van der Waals surface area contributed by atoms with Crippen LogP contribution in [-0.2, 0) is 14.3 Å². The minimum Gasteiger partial charge on any atom is -0.466 e. The number of carbonyl (C=O) groups excluding carboxylic acids is 2. The highest BCUT2D eigenvalue weighted by molar-refractivity contribution is 5.76. The highest BCUT2D eigenvalue weighted by atomic mass is 16.5. The summed E-state index contributed by atoms with van der Waals surface area (Å²) in [6.07, 6.45) is 67.4. The van der Waals surface area contributed by atoms with Crippen LogP contribution in [0.25, 0.3) is 0 Å². The SMILES string of the molecule is CCCCCCCC/C=C\CCCCCCCCCCCC(=O)OCCCCCCCC/C=C\CCCCCCCCCC(=O)NC(CO)C(O)/C=C/CCCCCCCCCCCC. The molecule has 6 heteroatoms. The van der Waals surface area contributed by atoms with Gasteiger partial charge in [-0.25, -0.2) is 0 Å². The maximum atomic E-state index is 12.4. The van der Waals surface area contributed by atoms with Crippen molar-refractivity contribution in [1.82, 2.24) is 5.32 Å². The van der Waals surface area contributed by atoms with Crippen LogP contribution in [0, 0.1) is 0 Å². The number of carbonyl (C=O) groups is 2. The molecule has 0 aliphatic carbocycles. The number of amides is 1. The highest BCUT2D eigenvalue weighted by Gasteiger charge is 2.18. The summed E-state index contributed by atoms with van der Waals surface area (Å²) in [5, 5.41) is 23.0. The number of hydrogen-bond donors (Lipinski definition) is 3. The van der Waals surface area contributed by atoms with Crippen molar-refractivity contribution in [2.45, 2.75) is 315 Å². The van der Waals surface area contributed by atoms with Crippen LogP contribution < -0.4 is 5.32 Å². The van der Waals surface area contributed by atoms with Crippen molar-refractivity contribution in [2.75, 3.05) is 13.2 Å². The van der Waals surface area contributed by atoms with Crippen LogP contribution in [0.5, 0.6) is 0 Å². The molecule has 0 saturated heterocycles. The normalized spacial score (nSPS) is 12.9. The average Bonchev–Trinajstić information content (AvgIpc) is 3.31. The molecule has 0 fully saturated rings. The number of ether oxygens (including phenoxy) is 1. The zero-order valence-electron chi connectivity index (χ0n) is 43.5. The molecular formula is C59H111NO5. The second-order valence-corrected chi connectivity index (χ2v) is 19.6. The van der Waals surface area contributed by atoms with Gasteiger partial charge in [-0.05, 0) is 83.5 Å². The molecule has 0 bridgehead atoms. The molecule has 0 aromatic heterocycles. The van der Waals surface area contributed by atoms with Gasteiger partial charge in [0.25, 0.3) is 0 Å². The van der Waals surface area contributed by atoms with Crippen molar-refractivity contribution < 1.29 is 24.5 Å². The molecule has 0 spiro atoms. The number of hydrogen-bond acceptors (Lipinski definition) is 5. The number of rotatable bonds is 53. The van der Waals surface area contributed by atoms with E-state index in [-0.39, 0.29) is 18.5 Å². The molecule has 6 nitrogen and oxygen atoms in total. The van der Waals surface area contributed by atoms with Crippen LogP contribution in [0.15, 0.2) is 36.5 Å². The molecule has 2 unspecified atom stereocenters. The van der Waals surface area contributed by atoms with Crippen molar-refractivity contribution >= 4 is 11.9 Å². The third kappa shape index (κ3) is 51.3. The zero-order valence-corrected chi connectivity index (χ0v) is 43.5. The summed E-state index contributed by atoms with van der Waals surface area (Å²) in [6.45, 7) is 4.87. The molecule has 65 heavy (non-hydrogen) atoms. The molecule has 0 heterocycles. The first kappa shape index (κ1) is 63.1. The van der Waals surface area contributed by atoms with Gasteiger partial charge in [0.15, 0.2) is 0 Å². The molecule has 0 aromatic rings. The fourth-order valence-electron chi connectivity index (χ4n) is 8.68. The Hall–Kier alpha value is -1.92. The largest absolute Gasteiger partial charge is 0.466 e. The lowest BCUT2D eigenvalue weighted by molar-refractivity contribution is -0.143. The first-order valence-corrected chi connectivity index (χ1v) is 28.8. The molecule has 0 aliphatic heterocycles. The maximum Gasteiger partial charge on any atom is 0.305 e. The van der Waals surface area contributed by atoms with Gasteiger partial charge in [-0.15, -0.1) is 0 Å². The zero-order chi connectivity index (χ0) is 47.2. The highest BCUT2D eigenvalue weighted by Crippen LogP contribution is 2.16. The summed E-state index contributed by atoms with van der Waals surface area (Å²) in [7, 11) is 0. The molecule has 0 aromatic carbocycles. The molecule has 0 saturated carbocycles. The predicted molar refractivity (Wildman–Crippen MR) is 283 cm³/mol. The first-order chi connectivity index (χ1) is 32.0. The Labute approximate surface area is 404 Å². The third-order valence-corrected chi connectivity index (χ3v) is 13.1. The lowest BCUT2D eigenvalue weighted by Gasteiger charge is -2.20. The summed E-state index contributed by atoms with van der Waals surface area (Å²) in [6, 6.07) is -0.636. The summed E-state index contributed by atoms with van der Waals surface area (Å²) < 4.78 is 5.48. The van der Waals surface area contributed by atoms with E-state index in [0.717, 1.165) is 57.8 Å². The summed E-state index contributed by atoms with van der Waals surface area (Å²) in [5.41, 5.74) is 0. The average molecular weight is 915 g/mol. The Kier molecular flexibility index (Phi) is 53.1. The van der Waals surface area contributed by atoms with Crippen molar-refractivity contribution in [3.8, 4) is 0 Å². The lowest BCUT2D eigenvalue weighted by Crippen LogP contribution is -2.45. The Balaban J connectivity index is 3.45. The van der Waals surface area contributed by atoms with Crippen LogP contribution in [-0.4, -0.2) is 47.4 Å². The van der Waals surface area contributed by atoms with Gasteiger partial charge in [0.05, 0.1) is 25.4 Å². The molecular weight excluding hydrogens is 803 g/mol. The van der Waals surface area contributed by atoms with Gasteiger partial charge in [0.1, 0.15) is 0 Å². The molecule has 0 aliphatic rings. The third-order valence-electron chi connectivity index (χ3n) is 13.1. The Morgan fingerprint density at radius 1 is 0.415 bits per heavy atom. The van der Waals surface area contributed by atoms with Gasteiger partial charge < -0.3 is 20.3 Å². The maximum absolute atomic E-state index is 12.4. The number of esters is 1. The Morgan fingerprint density at radius 3 is 1.09 bits per heavy atom. The number of nitrogens with one attached hydrogen (secondary N) is 1. The summed E-state index contributed by atoms with van der Waals surface area (Å²) in [5.74, 6) is -0.0845. The van der Waals surface area contributed by atoms with E-state index in [4.69, 9.17) is 4.74 Å². The van der Waals surface area contributed by atoms with Gasteiger partial charge >= 0.3 is 5.97 Å². The van der Waals surface area contributed by atoms with E-state index < -0.39 is 12.1 Å². The second kappa shape index (κ2) is 54.7. The van der Waals surface area contributed by atoms with E-state index in [0.29, 0.717) is 19.4 Å². The predicted octanol–water partition coefficient (Wildman–Crippen LogP) is 17.6. The number of allylic oxidation sites excluding steroid dienone is 5. The minimum absolute atomic E-state index is 0.00353. The van der Waals surface area contributed by atoms with Crippen LogP contribution in [0.2, 0.25) is 0 Å². The second-order valence-electron chi connectivity index (χ2n) is 19.6. The van der Waals surface area contributed by atoms with Crippen molar-refractivity contribution in [1.29, 1.82) is 0 Å². The lowest BCUT2D eigenvalue weighted by atomic mass is 10.1. The molecule has 0 radical (unpaired) electrons. The van der Waals surface area contributed by atoms with Gasteiger partial charge in [0, 0.05) is 12.8 Å². The fourth-order valence-corrected chi connectivity index (χ4v) is 8.68. The fraction of sp³-hybridized carbons (Fsp3) is 0.864. The quantitative estimate of drug-likeness (QED) is 0.0321. The van der Waals surface area contributed by atoms with Crippen LogP contribution in [0.3, 0.4) is 0 Å².